The van der Waals surface area contributed by atoms with Crippen molar-refractivity contribution in [2.45, 2.75) is 90.2 Å². The van der Waals surface area contributed by atoms with Gasteiger partial charge in [0.1, 0.15) is 5.60 Å². The maximum atomic E-state index is 12.8. The summed E-state index contributed by atoms with van der Waals surface area (Å²) in [4.78, 5) is 14.2. The summed E-state index contributed by atoms with van der Waals surface area (Å²) >= 11 is 0. The molecule has 0 radical (unpaired) electrons. The molecule has 1 aliphatic rings. The molecule has 1 saturated heterocycles. The predicted octanol–water partition coefficient (Wildman–Crippen LogP) is 5.05. The van der Waals surface area contributed by atoms with Crippen molar-refractivity contribution in [3.05, 3.63) is 35.9 Å². The largest absolute Gasteiger partial charge is 0.444 e. The number of likely N-dealkylation sites (tertiary alicyclic amines) is 1. The van der Waals surface area contributed by atoms with E-state index >= 15 is 0 Å². The number of nitrogens with one attached hydrogen (secondary N) is 1. The summed E-state index contributed by atoms with van der Waals surface area (Å²) in [5, 5.41) is 0. The fraction of sp³-hybridized carbons (Fsp3) is 0.720. The Morgan fingerprint density at radius 2 is 1.75 bits per heavy atom. The molecule has 0 unspecified atom stereocenters. The Morgan fingerprint density at radius 3 is 2.31 bits per heavy atom. The fourth-order valence-corrected chi connectivity index (χ4v) is 4.62. The molecule has 1 aromatic carbocycles. The third-order valence-electron chi connectivity index (χ3n) is 5.49. The van der Waals surface area contributed by atoms with Crippen molar-refractivity contribution in [2.75, 3.05) is 19.7 Å². The molecule has 6 nitrogen and oxygen atoms in total. The lowest BCUT2D eigenvalue weighted by Gasteiger charge is -2.37. The van der Waals surface area contributed by atoms with E-state index in [0.717, 1.165) is 25.7 Å². The number of carbonyl (C=O) groups is 1. The van der Waals surface area contributed by atoms with Gasteiger partial charge in [-0.2, -0.15) is 0 Å². The first-order valence-corrected chi connectivity index (χ1v) is 12.9. The zero-order valence-electron chi connectivity index (χ0n) is 20.7. The minimum absolute atomic E-state index is 0.135. The van der Waals surface area contributed by atoms with Gasteiger partial charge in [-0.25, -0.2) is 13.7 Å². The topological polar surface area (TPSA) is 67.9 Å². The van der Waals surface area contributed by atoms with Crippen molar-refractivity contribution in [2.24, 2.45) is 5.92 Å². The van der Waals surface area contributed by atoms with Gasteiger partial charge in [0.05, 0.1) is 22.3 Å². The molecule has 1 aliphatic heterocycles. The lowest BCUT2D eigenvalue weighted by Crippen LogP contribution is -2.48. The van der Waals surface area contributed by atoms with E-state index in [0.29, 0.717) is 32.2 Å². The zero-order chi connectivity index (χ0) is 23.8. The Labute approximate surface area is 197 Å². The number of nitrogens with zero attached hydrogens (tertiary/aromatic N) is 1. The fourth-order valence-electron chi connectivity index (χ4n) is 3.69. The highest BCUT2D eigenvalue weighted by molar-refractivity contribution is 7.84. The Morgan fingerprint density at radius 1 is 1.12 bits per heavy atom. The minimum Gasteiger partial charge on any atom is -0.444 e. The number of piperidine rings is 1. The summed E-state index contributed by atoms with van der Waals surface area (Å²) in [7, 11) is -1.13. The van der Waals surface area contributed by atoms with E-state index in [1.807, 2.05) is 59.7 Å². The van der Waals surface area contributed by atoms with Crippen LogP contribution in [-0.4, -0.2) is 51.3 Å². The normalized spacial score (nSPS) is 17.8. The first kappa shape index (κ1) is 26.8. The molecule has 1 aromatic rings. The van der Waals surface area contributed by atoms with Crippen LogP contribution in [0.15, 0.2) is 30.3 Å². The third-order valence-corrected chi connectivity index (χ3v) is 7.12. The van der Waals surface area contributed by atoms with Crippen molar-refractivity contribution in [1.29, 1.82) is 0 Å². The van der Waals surface area contributed by atoms with Crippen molar-refractivity contribution in [3.8, 4) is 0 Å². The maximum Gasteiger partial charge on any atom is 0.410 e. The molecule has 2 atom stereocenters. The summed E-state index contributed by atoms with van der Waals surface area (Å²) in [6.45, 7) is 14.3. The monoisotopic (exact) mass is 466 g/mol. The Kier molecular flexibility index (Phi) is 10.2. The molecule has 0 bridgehead atoms. The van der Waals surface area contributed by atoms with E-state index < -0.39 is 16.6 Å². The van der Waals surface area contributed by atoms with Gasteiger partial charge < -0.3 is 14.4 Å². The van der Waals surface area contributed by atoms with Crippen LogP contribution in [0.5, 0.6) is 0 Å². The van der Waals surface area contributed by atoms with Crippen molar-refractivity contribution in [1.82, 2.24) is 9.62 Å². The lowest BCUT2D eigenvalue weighted by atomic mass is 9.87. The Balaban J connectivity index is 1.86. The smallest absolute Gasteiger partial charge is 0.410 e. The highest BCUT2D eigenvalue weighted by Crippen LogP contribution is 2.26. The van der Waals surface area contributed by atoms with Crippen LogP contribution in [0.2, 0.25) is 0 Å². The number of hydrogen-bond acceptors (Lipinski definition) is 4. The molecule has 0 aromatic heterocycles. The average molecular weight is 467 g/mol. The van der Waals surface area contributed by atoms with E-state index in [9.17, 15) is 9.00 Å². The van der Waals surface area contributed by atoms with Gasteiger partial charge in [-0.3, -0.25) is 0 Å². The molecule has 1 N–H and O–H groups in total. The molecule has 2 rings (SSSR count). The first-order chi connectivity index (χ1) is 15.0. The summed E-state index contributed by atoms with van der Waals surface area (Å²) in [5.41, 5.74) is 0.687. The van der Waals surface area contributed by atoms with Gasteiger partial charge >= 0.3 is 6.09 Å². The number of rotatable bonds is 9. The Bertz CT molecular complexity index is 720. The molecule has 1 amide bonds. The molecule has 0 saturated carbocycles. The van der Waals surface area contributed by atoms with Gasteiger partial charge in [-0.15, -0.1) is 0 Å². The van der Waals surface area contributed by atoms with Gasteiger partial charge in [-0.05, 0) is 78.7 Å². The van der Waals surface area contributed by atoms with Gasteiger partial charge in [0.25, 0.3) is 0 Å². The van der Waals surface area contributed by atoms with E-state index in [1.54, 1.807) is 4.90 Å². The van der Waals surface area contributed by atoms with Crippen LogP contribution in [0.4, 0.5) is 4.79 Å². The van der Waals surface area contributed by atoms with Crippen LogP contribution in [0, 0.1) is 5.92 Å². The number of hydrogen-bond donors (Lipinski definition) is 1. The van der Waals surface area contributed by atoms with Gasteiger partial charge in [-0.1, -0.05) is 30.3 Å². The second kappa shape index (κ2) is 12.1. The standard InChI is InChI=1S/C25H42N2O4S/c1-24(2,3)31-23(28)27-16-14-21(15-17-27)22(26-32(29)25(4,5)6)13-10-18-30-19-20-11-8-7-9-12-20/h7-9,11-12,21-22,26H,10,13-19H2,1-6H3/t22-,32+/m1/s1. The van der Waals surface area contributed by atoms with Crippen LogP contribution >= 0.6 is 0 Å². The molecule has 1 fully saturated rings. The highest BCUT2D eigenvalue weighted by atomic mass is 32.2. The van der Waals surface area contributed by atoms with E-state index in [-0.39, 0.29) is 16.9 Å². The maximum absolute atomic E-state index is 12.8. The van der Waals surface area contributed by atoms with E-state index in [4.69, 9.17) is 9.47 Å². The minimum atomic E-state index is -1.13. The zero-order valence-corrected chi connectivity index (χ0v) is 21.5. The van der Waals surface area contributed by atoms with Crippen LogP contribution in [0.25, 0.3) is 0 Å². The second-order valence-electron chi connectivity index (χ2n) is 10.6. The van der Waals surface area contributed by atoms with Crippen molar-refractivity contribution in [3.63, 3.8) is 0 Å². The summed E-state index contributed by atoms with van der Waals surface area (Å²) in [5.74, 6) is 0.370. The highest BCUT2D eigenvalue weighted by Gasteiger charge is 2.32. The quantitative estimate of drug-likeness (QED) is 0.517. The van der Waals surface area contributed by atoms with Gasteiger partial charge in [0, 0.05) is 25.7 Å². The molecular formula is C25H42N2O4S. The lowest BCUT2D eigenvalue weighted by molar-refractivity contribution is 0.0169. The van der Waals surface area contributed by atoms with Crippen LogP contribution in [0.1, 0.15) is 72.8 Å². The molecule has 0 spiro atoms. The molecular weight excluding hydrogens is 424 g/mol. The summed E-state index contributed by atoms with van der Waals surface area (Å²) in [6.07, 6.45) is 3.31. The predicted molar refractivity (Wildman–Crippen MR) is 131 cm³/mol. The van der Waals surface area contributed by atoms with E-state index in [2.05, 4.69) is 16.9 Å². The summed E-state index contributed by atoms with van der Waals surface area (Å²) < 4.78 is 27.3. The second-order valence-corrected chi connectivity index (χ2v) is 12.6. The molecule has 0 aliphatic carbocycles. The summed E-state index contributed by atoms with van der Waals surface area (Å²) in [6, 6.07) is 10.3. The number of carbonyl (C=O) groups excluding carboxylic acids is 1. The molecule has 7 heteroatoms. The SMILES string of the molecule is CC(C)(C)OC(=O)N1CCC([C@@H](CCCOCc2ccccc2)N[S@@](=O)C(C)(C)C)CC1. The molecule has 32 heavy (non-hydrogen) atoms. The van der Waals surface area contributed by atoms with Gasteiger partial charge in [0.2, 0.25) is 0 Å². The Hall–Kier alpha value is -1.44. The van der Waals surface area contributed by atoms with Crippen molar-refractivity contribution >= 4 is 17.1 Å². The average Bonchev–Trinajstić information content (AvgIpc) is 2.71. The number of amides is 1. The van der Waals surface area contributed by atoms with Crippen molar-refractivity contribution < 1.29 is 18.5 Å². The third kappa shape index (κ3) is 9.59. The van der Waals surface area contributed by atoms with Gasteiger partial charge in [0.15, 0.2) is 0 Å². The van der Waals surface area contributed by atoms with Crippen LogP contribution < -0.4 is 4.72 Å². The van der Waals surface area contributed by atoms with Crippen LogP contribution in [-0.2, 0) is 27.1 Å². The molecule has 182 valence electrons. The number of ether oxygens (including phenoxy) is 2. The number of benzene rings is 1. The molecule has 1 heterocycles. The van der Waals surface area contributed by atoms with E-state index in [1.165, 1.54) is 5.56 Å². The van der Waals surface area contributed by atoms with Crippen LogP contribution in [0.3, 0.4) is 0 Å². The first-order valence-electron chi connectivity index (χ1n) is 11.7.